The summed E-state index contributed by atoms with van der Waals surface area (Å²) < 4.78 is 27.6. The fourth-order valence-electron chi connectivity index (χ4n) is 4.31. The molecule has 32 heavy (non-hydrogen) atoms. The molecule has 0 N–H and O–H groups in total. The summed E-state index contributed by atoms with van der Waals surface area (Å²) in [5.41, 5.74) is 1.70. The molecule has 0 amide bonds. The molecule has 0 aliphatic carbocycles. The Kier molecular flexibility index (Phi) is 7.68. The van der Waals surface area contributed by atoms with Gasteiger partial charge in [-0.25, -0.2) is 9.36 Å². The predicted molar refractivity (Wildman–Crippen MR) is 122 cm³/mol. The van der Waals surface area contributed by atoms with Gasteiger partial charge in [0.1, 0.15) is 28.5 Å². The zero-order valence-corrected chi connectivity index (χ0v) is 19.0. The Balaban J connectivity index is 1.28. The standard InChI is InChI=1S/C19H29B3N6O4/c1-3-4-14-16(7-19(22-21)32-14)30-11-28-9-13(24-26-28)5-17-15(6-18(20)31-17)29-10-27-8-12(2)23-25-27/h1,8-9,14-19,22H,4-7,10-11,20-21H2,2H3. The molecule has 4 rings (SSSR count). The van der Waals surface area contributed by atoms with Gasteiger partial charge in [-0.3, -0.25) is 0 Å². The van der Waals surface area contributed by atoms with Gasteiger partial charge in [-0.05, 0) is 19.8 Å². The van der Waals surface area contributed by atoms with E-state index in [1.807, 2.05) is 19.3 Å². The Morgan fingerprint density at radius 3 is 2.53 bits per heavy atom. The van der Waals surface area contributed by atoms with Crippen LogP contribution in [-0.4, -0.2) is 89.2 Å². The number of aryl methyl sites for hydroxylation is 1. The van der Waals surface area contributed by atoms with E-state index in [4.69, 9.17) is 25.4 Å². The maximum absolute atomic E-state index is 6.07. The summed E-state index contributed by atoms with van der Waals surface area (Å²) in [5, 5.41) is 16.5. The number of ether oxygens (including phenoxy) is 4. The van der Waals surface area contributed by atoms with Gasteiger partial charge in [0.25, 0.3) is 0 Å². The number of nitrogens with zero attached hydrogens (tertiary/aromatic N) is 6. The smallest absolute Gasteiger partial charge is 0.141 e. The van der Waals surface area contributed by atoms with Crippen molar-refractivity contribution in [2.75, 3.05) is 0 Å². The minimum atomic E-state index is -0.0887. The van der Waals surface area contributed by atoms with E-state index in [2.05, 4.69) is 42.1 Å². The Bertz CT molecular complexity index is 921. The number of hydrogen-bond donors (Lipinski definition) is 0. The lowest BCUT2D eigenvalue weighted by atomic mass is 9.51. The number of terminal acetylenes is 1. The third kappa shape index (κ3) is 5.81. The maximum atomic E-state index is 6.07. The summed E-state index contributed by atoms with van der Waals surface area (Å²) in [6, 6.07) is 0.326. The average molecular weight is 438 g/mol. The van der Waals surface area contributed by atoms with Crippen molar-refractivity contribution in [3.63, 3.8) is 0 Å². The molecule has 4 heterocycles. The van der Waals surface area contributed by atoms with E-state index in [-0.39, 0.29) is 36.4 Å². The van der Waals surface area contributed by atoms with Crippen molar-refractivity contribution in [1.82, 2.24) is 30.0 Å². The lowest BCUT2D eigenvalue weighted by molar-refractivity contribution is -0.0442. The maximum Gasteiger partial charge on any atom is 0.141 e. The molecular weight excluding hydrogens is 409 g/mol. The van der Waals surface area contributed by atoms with Gasteiger partial charge in [0.2, 0.25) is 0 Å². The summed E-state index contributed by atoms with van der Waals surface area (Å²) in [6.45, 7) is 2.56. The minimum Gasteiger partial charge on any atom is -0.381 e. The molecule has 0 aromatic carbocycles. The van der Waals surface area contributed by atoms with Crippen molar-refractivity contribution < 1.29 is 18.9 Å². The fourth-order valence-corrected chi connectivity index (χ4v) is 4.31. The number of hydrogen-bond acceptors (Lipinski definition) is 8. The second kappa shape index (κ2) is 10.7. The van der Waals surface area contributed by atoms with Crippen molar-refractivity contribution in [3.05, 3.63) is 23.8 Å². The Morgan fingerprint density at radius 1 is 1.12 bits per heavy atom. The zero-order valence-electron chi connectivity index (χ0n) is 19.0. The highest BCUT2D eigenvalue weighted by molar-refractivity contribution is 6.90. The molecule has 2 fully saturated rings. The van der Waals surface area contributed by atoms with Crippen LogP contribution in [0.2, 0.25) is 0 Å². The van der Waals surface area contributed by atoms with Crippen molar-refractivity contribution in [3.8, 4) is 12.3 Å². The second-order valence-corrected chi connectivity index (χ2v) is 8.59. The highest BCUT2D eigenvalue weighted by Crippen LogP contribution is 2.26. The quantitative estimate of drug-likeness (QED) is 0.310. The third-order valence-electron chi connectivity index (χ3n) is 5.93. The molecule has 2 aliphatic heterocycles. The topological polar surface area (TPSA) is 98.3 Å². The molecule has 0 saturated carbocycles. The van der Waals surface area contributed by atoms with Gasteiger partial charge in [0.05, 0.1) is 55.9 Å². The first kappa shape index (κ1) is 23.0. The SMILES string of the molecule is BBC1CC(OCn2cc(CC3OC(B)CC3OCn3cc(C)nn3)nn2)C(CC#C)O1. The van der Waals surface area contributed by atoms with E-state index in [1.54, 1.807) is 9.36 Å². The normalized spacial score (nSPS) is 29.9. The Morgan fingerprint density at radius 2 is 1.84 bits per heavy atom. The van der Waals surface area contributed by atoms with Gasteiger partial charge in [-0.2, -0.15) is 0 Å². The Labute approximate surface area is 190 Å². The molecule has 2 aliphatic rings. The van der Waals surface area contributed by atoms with Crippen LogP contribution in [0.5, 0.6) is 0 Å². The van der Waals surface area contributed by atoms with Crippen LogP contribution < -0.4 is 0 Å². The largest absolute Gasteiger partial charge is 0.381 e. The molecule has 2 aromatic heterocycles. The first-order chi connectivity index (χ1) is 15.5. The summed E-state index contributed by atoms with van der Waals surface area (Å²) in [5.74, 6) is 2.68. The molecule has 0 bridgehead atoms. The molecule has 6 atom stereocenters. The molecule has 0 spiro atoms. The molecule has 168 valence electrons. The number of rotatable bonds is 10. The lowest BCUT2D eigenvalue weighted by Gasteiger charge is -2.18. The van der Waals surface area contributed by atoms with Crippen LogP contribution in [0.15, 0.2) is 12.4 Å². The summed E-state index contributed by atoms with van der Waals surface area (Å²) in [6.07, 6.45) is 11.9. The fraction of sp³-hybridized carbons (Fsp3) is 0.684. The Hall–Kier alpha value is -2.13. The lowest BCUT2D eigenvalue weighted by Crippen LogP contribution is -2.28. The first-order valence-corrected chi connectivity index (χ1v) is 11.3. The van der Waals surface area contributed by atoms with E-state index in [0.29, 0.717) is 26.3 Å². The highest BCUT2D eigenvalue weighted by atomic mass is 16.6. The van der Waals surface area contributed by atoms with Crippen molar-refractivity contribution in [2.24, 2.45) is 0 Å². The van der Waals surface area contributed by atoms with Crippen LogP contribution in [0.4, 0.5) is 0 Å². The van der Waals surface area contributed by atoms with Gasteiger partial charge >= 0.3 is 0 Å². The summed E-state index contributed by atoms with van der Waals surface area (Å²) in [4.78, 5) is 0. The van der Waals surface area contributed by atoms with Crippen molar-refractivity contribution >= 4 is 22.8 Å². The molecule has 13 heteroatoms. The van der Waals surface area contributed by atoms with Gasteiger partial charge in [0, 0.05) is 24.8 Å². The average Bonchev–Trinajstić information content (AvgIpc) is 3.54. The van der Waals surface area contributed by atoms with E-state index in [0.717, 1.165) is 31.4 Å². The van der Waals surface area contributed by atoms with Crippen molar-refractivity contribution in [1.29, 1.82) is 0 Å². The van der Waals surface area contributed by atoms with E-state index < -0.39 is 0 Å². The molecule has 2 aromatic rings. The second-order valence-electron chi connectivity index (χ2n) is 8.59. The van der Waals surface area contributed by atoms with Crippen LogP contribution in [0, 0.1) is 19.3 Å². The zero-order chi connectivity index (χ0) is 22.5. The van der Waals surface area contributed by atoms with Crippen LogP contribution in [-0.2, 0) is 38.8 Å². The monoisotopic (exact) mass is 438 g/mol. The van der Waals surface area contributed by atoms with Gasteiger partial charge in [-0.15, -0.1) is 22.5 Å². The van der Waals surface area contributed by atoms with Gasteiger partial charge in [0.15, 0.2) is 0 Å². The van der Waals surface area contributed by atoms with Gasteiger partial charge in [-0.1, -0.05) is 10.4 Å². The van der Waals surface area contributed by atoms with Crippen LogP contribution in [0.25, 0.3) is 0 Å². The molecule has 6 unspecified atom stereocenters. The molecule has 0 radical (unpaired) electrons. The van der Waals surface area contributed by atoms with E-state index >= 15 is 0 Å². The van der Waals surface area contributed by atoms with Crippen LogP contribution in [0.3, 0.4) is 0 Å². The highest BCUT2D eigenvalue weighted by Gasteiger charge is 2.36. The van der Waals surface area contributed by atoms with Gasteiger partial charge < -0.3 is 18.9 Å². The van der Waals surface area contributed by atoms with Crippen molar-refractivity contribution in [2.45, 2.75) is 82.5 Å². The predicted octanol–water partition coefficient (Wildman–Crippen LogP) is -2.02. The molecule has 10 nitrogen and oxygen atoms in total. The summed E-state index contributed by atoms with van der Waals surface area (Å²) >= 11 is 0. The number of aromatic nitrogens is 6. The third-order valence-corrected chi connectivity index (χ3v) is 5.93. The first-order valence-electron chi connectivity index (χ1n) is 11.3. The van der Waals surface area contributed by atoms with E-state index in [1.165, 1.54) is 0 Å². The van der Waals surface area contributed by atoms with Crippen LogP contribution >= 0.6 is 0 Å². The van der Waals surface area contributed by atoms with Crippen LogP contribution in [0.1, 0.15) is 30.7 Å². The molecular formula is C19H29B3N6O4. The van der Waals surface area contributed by atoms with E-state index in [9.17, 15) is 0 Å². The molecule has 2 saturated heterocycles. The summed E-state index contributed by atoms with van der Waals surface area (Å²) in [7, 11) is 5.12. The minimum absolute atomic E-state index is 0.0270.